The monoisotopic (exact) mass is 299 g/mol. The lowest BCUT2D eigenvalue weighted by atomic mass is 10.0. The molecule has 1 atom stereocenters. The van der Waals surface area contributed by atoms with Crippen LogP contribution in [0.3, 0.4) is 0 Å². The SMILES string of the molecule is C=C(CC)[C@H](CCSC)N(C)I. The molecular weight excluding hydrogens is 281 g/mol. The highest BCUT2D eigenvalue weighted by molar-refractivity contribution is 14.1. The second-order valence-electron chi connectivity index (χ2n) is 2.83. The zero-order valence-corrected chi connectivity index (χ0v) is 11.1. The lowest BCUT2D eigenvalue weighted by molar-refractivity contribution is 0.473. The van der Waals surface area contributed by atoms with Crippen LogP contribution in [0, 0.1) is 0 Å². The number of hydrogen-bond acceptors (Lipinski definition) is 2. The Hall–Kier alpha value is 0.780. The number of halogens is 1. The van der Waals surface area contributed by atoms with Gasteiger partial charge in [0.15, 0.2) is 0 Å². The topological polar surface area (TPSA) is 3.24 Å². The van der Waals surface area contributed by atoms with Crippen LogP contribution in [0.15, 0.2) is 12.2 Å². The number of hydrogen-bond donors (Lipinski definition) is 0. The Morgan fingerprint density at radius 2 is 2.25 bits per heavy atom. The van der Waals surface area contributed by atoms with Crippen molar-refractivity contribution in [1.82, 2.24) is 3.11 Å². The van der Waals surface area contributed by atoms with E-state index in [0.29, 0.717) is 6.04 Å². The van der Waals surface area contributed by atoms with Crippen LogP contribution in [-0.2, 0) is 0 Å². The molecule has 0 saturated heterocycles. The van der Waals surface area contributed by atoms with Crippen molar-refractivity contribution in [3.63, 3.8) is 0 Å². The van der Waals surface area contributed by atoms with Gasteiger partial charge in [0.2, 0.25) is 0 Å². The smallest absolute Gasteiger partial charge is 0.0405 e. The summed E-state index contributed by atoms with van der Waals surface area (Å²) in [4.78, 5) is 0. The van der Waals surface area contributed by atoms with E-state index in [1.807, 2.05) is 11.8 Å². The zero-order valence-electron chi connectivity index (χ0n) is 8.14. The minimum Gasteiger partial charge on any atom is -0.243 e. The summed E-state index contributed by atoms with van der Waals surface area (Å²) < 4.78 is 2.24. The Labute approximate surface area is 94.5 Å². The van der Waals surface area contributed by atoms with Crippen molar-refractivity contribution in [3.05, 3.63) is 12.2 Å². The van der Waals surface area contributed by atoms with Gasteiger partial charge in [0, 0.05) is 28.9 Å². The van der Waals surface area contributed by atoms with Crippen LogP contribution in [0.2, 0.25) is 0 Å². The van der Waals surface area contributed by atoms with Gasteiger partial charge in [-0.25, -0.2) is 3.11 Å². The van der Waals surface area contributed by atoms with Gasteiger partial charge in [0.05, 0.1) is 0 Å². The third kappa shape index (κ3) is 4.72. The summed E-state index contributed by atoms with van der Waals surface area (Å²) in [5.41, 5.74) is 1.35. The summed E-state index contributed by atoms with van der Waals surface area (Å²) in [6.45, 7) is 6.27. The second-order valence-corrected chi connectivity index (χ2v) is 5.34. The summed E-state index contributed by atoms with van der Waals surface area (Å²) in [5.74, 6) is 1.22. The van der Waals surface area contributed by atoms with Gasteiger partial charge in [0.1, 0.15) is 0 Å². The summed E-state index contributed by atoms with van der Waals surface area (Å²) >= 11 is 4.25. The molecule has 0 aliphatic heterocycles. The van der Waals surface area contributed by atoms with Gasteiger partial charge >= 0.3 is 0 Å². The van der Waals surface area contributed by atoms with Crippen molar-refractivity contribution in [2.24, 2.45) is 0 Å². The fraction of sp³-hybridized carbons (Fsp3) is 0.778. The van der Waals surface area contributed by atoms with Gasteiger partial charge in [-0.05, 0) is 31.9 Å². The highest BCUT2D eigenvalue weighted by atomic mass is 127. The predicted molar refractivity (Wildman–Crippen MR) is 68.0 cm³/mol. The Morgan fingerprint density at radius 3 is 2.58 bits per heavy atom. The molecule has 0 rings (SSSR count). The fourth-order valence-corrected chi connectivity index (χ4v) is 2.23. The van der Waals surface area contributed by atoms with Crippen molar-refractivity contribution in [3.8, 4) is 0 Å². The van der Waals surface area contributed by atoms with Gasteiger partial charge < -0.3 is 0 Å². The molecule has 0 spiro atoms. The van der Waals surface area contributed by atoms with Crippen LogP contribution in [0.4, 0.5) is 0 Å². The lowest BCUT2D eigenvalue weighted by Gasteiger charge is -2.23. The van der Waals surface area contributed by atoms with E-state index in [2.05, 4.69) is 52.8 Å². The molecular formula is C9H18INS. The molecule has 1 nitrogen and oxygen atoms in total. The predicted octanol–water partition coefficient (Wildman–Crippen LogP) is 3.36. The van der Waals surface area contributed by atoms with E-state index < -0.39 is 0 Å². The van der Waals surface area contributed by atoms with Crippen molar-refractivity contribution >= 4 is 34.6 Å². The molecule has 3 heteroatoms. The van der Waals surface area contributed by atoms with E-state index in [1.165, 1.54) is 17.7 Å². The number of thioether (sulfide) groups is 1. The molecule has 0 aromatic rings. The first-order valence-corrected chi connectivity index (χ1v) is 6.54. The van der Waals surface area contributed by atoms with E-state index in [1.54, 1.807) is 0 Å². The van der Waals surface area contributed by atoms with E-state index in [-0.39, 0.29) is 0 Å². The quantitative estimate of drug-likeness (QED) is 0.420. The van der Waals surface area contributed by atoms with Crippen LogP contribution in [0.1, 0.15) is 19.8 Å². The van der Waals surface area contributed by atoms with E-state index in [9.17, 15) is 0 Å². The fourth-order valence-electron chi connectivity index (χ4n) is 1.10. The average molecular weight is 299 g/mol. The van der Waals surface area contributed by atoms with Crippen LogP contribution >= 0.6 is 34.6 Å². The maximum atomic E-state index is 4.09. The Balaban J connectivity index is 3.95. The van der Waals surface area contributed by atoms with Crippen LogP contribution in [-0.4, -0.2) is 28.2 Å². The standard InChI is InChI=1S/C9H18INS/c1-5-8(2)9(11(3)10)6-7-12-4/h9H,2,5-7H2,1,3-4H3/t9-/m0/s1. The first-order valence-electron chi connectivity index (χ1n) is 4.18. The van der Waals surface area contributed by atoms with Gasteiger partial charge in [-0.15, -0.1) is 0 Å². The number of rotatable bonds is 6. The Bertz CT molecular complexity index is 136. The molecule has 0 aliphatic rings. The number of likely N-dealkylation sites (N-methyl/N-ethyl adjacent to an activating group) is 1. The third-order valence-corrected chi connectivity index (χ3v) is 3.27. The van der Waals surface area contributed by atoms with Crippen LogP contribution in [0.25, 0.3) is 0 Å². The van der Waals surface area contributed by atoms with Crippen molar-refractivity contribution < 1.29 is 0 Å². The molecule has 0 aliphatic carbocycles. The van der Waals surface area contributed by atoms with Crippen LogP contribution < -0.4 is 0 Å². The maximum absolute atomic E-state index is 4.09. The van der Waals surface area contributed by atoms with Crippen molar-refractivity contribution in [2.75, 3.05) is 19.1 Å². The maximum Gasteiger partial charge on any atom is 0.0405 e. The molecule has 0 fully saturated rings. The van der Waals surface area contributed by atoms with Gasteiger partial charge in [-0.1, -0.05) is 19.1 Å². The molecule has 0 bridgehead atoms. The number of nitrogens with zero attached hydrogens (tertiary/aromatic N) is 1. The van der Waals surface area contributed by atoms with E-state index in [0.717, 1.165) is 6.42 Å². The largest absolute Gasteiger partial charge is 0.243 e. The lowest BCUT2D eigenvalue weighted by Crippen LogP contribution is -2.25. The van der Waals surface area contributed by atoms with Gasteiger partial charge in [-0.2, -0.15) is 11.8 Å². The van der Waals surface area contributed by atoms with E-state index >= 15 is 0 Å². The molecule has 72 valence electrons. The molecule has 12 heavy (non-hydrogen) atoms. The molecule has 0 heterocycles. The highest BCUT2D eigenvalue weighted by Gasteiger charge is 2.13. The normalized spacial score (nSPS) is 13.4. The molecule has 0 unspecified atom stereocenters. The molecule has 0 N–H and O–H groups in total. The molecule has 0 aromatic carbocycles. The van der Waals surface area contributed by atoms with Gasteiger partial charge in [0.25, 0.3) is 0 Å². The summed E-state index contributed by atoms with van der Waals surface area (Å²) in [6, 6.07) is 0.558. The van der Waals surface area contributed by atoms with E-state index in [4.69, 9.17) is 0 Å². The summed E-state index contributed by atoms with van der Waals surface area (Å²) in [5, 5.41) is 0. The molecule has 0 radical (unpaired) electrons. The molecule has 0 saturated carbocycles. The minimum atomic E-state index is 0.558. The first-order chi connectivity index (χ1) is 5.63. The van der Waals surface area contributed by atoms with Crippen molar-refractivity contribution in [2.45, 2.75) is 25.8 Å². The first kappa shape index (κ1) is 12.8. The zero-order chi connectivity index (χ0) is 9.56. The second kappa shape index (κ2) is 7.21. The highest BCUT2D eigenvalue weighted by Crippen LogP contribution is 2.19. The van der Waals surface area contributed by atoms with Crippen LogP contribution in [0.5, 0.6) is 0 Å². The molecule has 0 amide bonds. The molecule has 0 aromatic heterocycles. The summed E-state index contributed by atoms with van der Waals surface area (Å²) in [7, 11) is 2.12. The minimum absolute atomic E-state index is 0.558. The van der Waals surface area contributed by atoms with Crippen molar-refractivity contribution in [1.29, 1.82) is 0 Å². The average Bonchev–Trinajstić information content (AvgIpc) is 2.04. The Kier molecular flexibility index (Phi) is 7.68. The third-order valence-electron chi connectivity index (χ3n) is 1.95. The van der Waals surface area contributed by atoms with Gasteiger partial charge in [-0.3, -0.25) is 0 Å². The Morgan fingerprint density at radius 1 is 1.67 bits per heavy atom. The summed E-state index contributed by atoms with van der Waals surface area (Å²) in [6.07, 6.45) is 4.46.